The Balaban J connectivity index is 1.32. The molecule has 2 aliphatic heterocycles. The van der Waals surface area contributed by atoms with E-state index >= 15 is 0 Å². The summed E-state index contributed by atoms with van der Waals surface area (Å²) in [5, 5.41) is 39.8. The molecule has 2 fully saturated rings. The number of guanidine groups is 1. The van der Waals surface area contributed by atoms with Crippen molar-refractivity contribution in [2.24, 2.45) is 11.7 Å². The van der Waals surface area contributed by atoms with Gasteiger partial charge in [-0.15, -0.1) is 0 Å². The molecule has 0 bridgehead atoms. The van der Waals surface area contributed by atoms with Gasteiger partial charge < -0.3 is 58.3 Å². The number of carbonyl (C=O) groups is 8. The number of aliphatic carboxylic acids is 1. The third-order valence-electron chi connectivity index (χ3n) is 12.5. The van der Waals surface area contributed by atoms with Gasteiger partial charge in [-0.3, -0.25) is 39.0 Å². The van der Waals surface area contributed by atoms with Crippen molar-refractivity contribution < 1.29 is 43.5 Å². The Labute approximate surface area is 414 Å². The van der Waals surface area contributed by atoms with E-state index in [9.17, 15) is 43.5 Å². The van der Waals surface area contributed by atoms with E-state index < -0.39 is 95.7 Å². The monoisotopic (exact) mass is 980 g/mol. The molecule has 5 rings (SSSR count). The molecule has 0 spiro atoms. The second-order valence-corrected chi connectivity index (χ2v) is 18.4. The van der Waals surface area contributed by atoms with Crippen LogP contribution in [0.4, 0.5) is 0 Å². The molecule has 20 nitrogen and oxygen atoms in total. The highest BCUT2D eigenvalue weighted by Crippen LogP contribution is 2.20. The standard InChI is InChI=1S/C51H69N11O9/c1-31(2)42(48(68)56-32(3)43(63)60-40(30-35-20-11-6-12-21-35)49(69)62-27-15-24-41(62)50(70)71)61-47(67)39(29-34-18-9-5-10-19-34)59-46(66)38(28-33-16-7-4-8-17-33)58-45(65)37(23-14-26-55-51(52)53)57-44(64)36-22-13-25-54-36/h4-12,16-21,31-32,36-42,54H,13-15,22-30H2,1-3H3,(H,56,68)(H,57,64)(H,58,65)(H,59,66)(H,60,63)(H,61,67)(H,70,71)(H4,52,53,55)/t32-,36-,37-,38-,39-,40-,41+,42-/m0/s1. The van der Waals surface area contributed by atoms with Crippen molar-refractivity contribution in [3.05, 3.63) is 108 Å². The predicted molar refractivity (Wildman–Crippen MR) is 265 cm³/mol. The molecule has 0 aromatic heterocycles. The van der Waals surface area contributed by atoms with Crippen LogP contribution in [0.2, 0.25) is 0 Å². The lowest BCUT2D eigenvalue weighted by atomic mass is 9.99. The number of hydrogen-bond donors (Lipinski definition) is 11. The molecule has 3 aromatic carbocycles. The van der Waals surface area contributed by atoms with Crippen molar-refractivity contribution in [2.75, 3.05) is 19.6 Å². The maximum Gasteiger partial charge on any atom is 0.326 e. The van der Waals surface area contributed by atoms with E-state index in [4.69, 9.17) is 11.1 Å². The van der Waals surface area contributed by atoms with E-state index in [1.54, 1.807) is 105 Å². The van der Waals surface area contributed by atoms with Crippen molar-refractivity contribution in [1.82, 2.24) is 47.4 Å². The molecule has 20 heteroatoms. The van der Waals surface area contributed by atoms with Gasteiger partial charge in [0.15, 0.2) is 5.96 Å². The Kier molecular flexibility index (Phi) is 20.9. The highest BCUT2D eigenvalue weighted by Gasteiger charge is 2.39. The van der Waals surface area contributed by atoms with Crippen molar-refractivity contribution in [1.29, 1.82) is 5.41 Å². The number of hydrogen-bond acceptors (Lipinski definition) is 10. The molecule has 8 atom stereocenters. The Bertz CT molecular complexity index is 2300. The zero-order valence-corrected chi connectivity index (χ0v) is 40.6. The number of nitrogens with two attached hydrogens (primary N) is 1. The number of carboxylic acids is 1. The van der Waals surface area contributed by atoms with E-state index in [0.29, 0.717) is 36.9 Å². The van der Waals surface area contributed by atoms with Crippen LogP contribution in [-0.4, -0.2) is 131 Å². The zero-order valence-electron chi connectivity index (χ0n) is 40.6. The summed E-state index contributed by atoms with van der Waals surface area (Å²) in [4.78, 5) is 111. The molecule has 7 amide bonds. The highest BCUT2D eigenvalue weighted by molar-refractivity contribution is 5.98. The predicted octanol–water partition coefficient (Wildman–Crippen LogP) is 0.390. The number of carboxylic acid groups (broad SMARTS) is 1. The average molecular weight is 980 g/mol. The molecule has 71 heavy (non-hydrogen) atoms. The number of amides is 7. The van der Waals surface area contributed by atoms with Gasteiger partial charge in [0.2, 0.25) is 41.4 Å². The molecule has 12 N–H and O–H groups in total. The largest absolute Gasteiger partial charge is 0.480 e. The number of nitrogens with zero attached hydrogens (tertiary/aromatic N) is 1. The Morgan fingerprint density at radius 1 is 0.648 bits per heavy atom. The molecule has 3 aromatic rings. The number of benzene rings is 3. The third-order valence-corrected chi connectivity index (χ3v) is 12.5. The highest BCUT2D eigenvalue weighted by atomic mass is 16.4. The average Bonchev–Trinajstić information content (AvgIpc) is 4.08. The fourth-order valence-corrected chi connectivity index (χ4v) is 8.63. The van der Waals surface area contributed by atoms with Gasteiger partial charge in [0.1, 0.15) is 42.3 Å². The fraction of sp³-hybridized carbons (Fsp3) is 0.471. The number of nitrogens with one attached hydrogen (secondary N) is 9. The fourth-order valence-electron chi connectivity index (χ4n) is 8.63. The van der Waals surface area contributed by atoms with Crippen LogP contribution in [-0.2, 0) is 57.6 Å². The second kappa shape index (κ2) is 27.2. The van der Waals surface area contributed by atoms with Crippen LogP contribution in [0.1, 0.15) is 76.0 Å². The molecule has 0 aliphatic carbocycles. The normalized spacial score (nSPS) is 17.8. The minimum Gasteiger partial charge on any atom is -0.480 e. The van der Waals surface area contributed by atoms with Crippen LogP contribution in [0.5, 0.6) is 0 Å². The quantitative estimate of drug-likeness (QED) is 0.0312. The van der Waals surface area contributed by atoms with Crippen LogP contribution >= 0.6 is 0 Å². The minimum absolute atomic E-state index is 0.0114. The van der Waals surface area contributed by atoms with Crippen molar-refractivity contribution in [3.63, 3.8) is 0 Å². The van der Waals surface area contributed by atoms with Gasteiger partial charge in [0, 0.05) is 32.4 Å². The van der Waals surface area contributed by atoms with Gasteiger partial charge in [-0.1, -0.05) is 105 Å². The topological polar surface area (TPSA) is 306 Å². The first-order chi connectivity index (χ1) is 34.0. The molecule has 0 unspecified atom stereocenters. The van der Waals surface area contributed by atoms with Gasteiger partial charge in [0.05, 0.1) is 6.04 Å². The minimum atomic E-state index is -1.28. The van der Waals surface area contributed by atoms with Crippen LogP contribution in [0.25, 0.3) is 0 Å². The lowest BCUT2D eigenvalue weighted by Crippen LogP contribution is -2.61. The summed E-state index contributed by atoms with van der Waals surface area (Å²) >= 11 is 0. The van der Waals surface area contributed by atoms with E-state index in [1.807, 2.05) is 0 Å². The summed E-state index contributed by atoms with van der Waals surface area (Å²) < 4.78 is 0. The van der Waals surface area contributed by atoms with Gasteiger partial charge >= 0.3 is 5.97 Å². The number of rotatable bonds is 25. The summed E-state index contributed by atoms with van der Waals surface area (Å²) in [5.41, 5.74) is 7.56. The summed E-state index contributed by atoms with van der Waals surface area (Å²) in [6, 6.07) is 18.1. The van der Waals surface area contributed by atoms with Crippen LogP contribution in [0, 0.1) is 11.3 Å². The van der Waals surface area contributed by atoms with Gasteiger partial charge in [-0.2, -0.15) is 0 Å². The van der Waals surface area contributed by atoms with Crippen molar-refractivity contribution >= 4 is 53.3 Å². The lowest BCUT2D eigenvalue weighted by Gasteiger charge is -2.29. The molecule has 2 heterocycles. The van der Waals surface area contributed by atoms with Gasteiger partial charge in [-0.05, 0) is 74.6 Å². The van der Waals surface area contributed by atoms with E-state index in [-0.39, 0.29) is 57.1 Å². The second-order valence-electron chi connectivity index (χ2n) is 18.4. The van der Waals surface area contributed by atoms with Crippen LogP contribution in [0.3, 0.4) is 0 Å². The number of likely N-dealkylation sites (tertiary alicyclic amines) is 1. The summed E-state index contributed by atoms with van der Waals surface area (Å²) in [6.45, 7) is 5.95. The van der Waals surface area contributed by atoms with Gasteiger partial charge in [0.25, 0.3) is 0 Å². The van der Waals surface area contributed by atoms with Crippen molar-refractivity contribution in [2.45, 2.75) is 127 Å². The lowest BCUT2D eigenvalue weighted by molar-refractivity contribution is -0.149. The summed E-state index contributed by atoms with van der Waals surface area (Å²) in [6.07, 6.45) is 2.74. The zero-order chi connectivity index (χ0) is 51.5. The smallest absolute Gasteiger partial charge is 0.326 e. The van der Waals surface area contributed by atoms with Crippen LogP contribution < -0.4 is 48.3 Å². The first-order valence-electron chi connectivity index (χ1n) is 24.3. The van der Waals surface area contributed by atoms with Gasteiger partial charge in [-0.25, -0.2) is 4.79 Å². The first kappa shape index (κ1) is 54.6. The Morgan fingerprint density at radius 3 is 1.65 bits per heavy atom. The maximum atomic E-state index is 14.5. The Morgan fingerprint density at radius 2 is 1.15 bits per heavy atom. The van der Waals surface area contributed by atoms with E-state index in [1.165, 1.54) is 11.8 Å². The van der Waals surface area contributed by atoms with Crippen LogP contribution in [0.15, 0.2) is 91.0 Å². The van der Waals surface area contributed by atoms with E-state index in [0.717, 1.165) is 12.0 Å². The summed E-state index contributed by atoms with van der Waals surface area (Å²) in [5.74, 6) is -6.32. The summed E-state index contributed by atoms with van der Waals surface area (Å²) in [7, 11) is 0. The molecule has 0 saturated carbocycles. The third kappa shape index (κ3) is 16.9. The maximum absolute atomic E-state index is 14.5. The van der Waals surface area contributed by atoms with Crippen molar-refractivity contribution in [3.8, 4) is 0 Å². The molecular weight excluding hydrogens is 911 g/mol. The SMILES string of the molecule is CC(C)[C@H](NC(=O)[C@H](Cc1ccccc1)NC(=O)[C@H](Cc1ccccc1)NC(=O)[C@H](CCCNC(=N)N)NC(=O)[C@@H]1CCCN1)C(=O)N[C@@H](C)C(=O)N[C@@H](Cc1ccccc1)C(=O)N1CCC[C@@H]1C(=O)O. The molecule has 0 radical (unpaired) electrons. The molecule has 2 saturated heterocycles. The Hall–Kier alpha value is -7.35. The number of carbonyl (C=O) groups excluding carboxylic acids is 7. The molecule has 2 aliphatic rings. The molecule has 382 valence electrons. The first-order valence-corrected chi connectivity index (χ1v) is 24.3. The molecular formula is C51H69N11O9. The van der Waals surface area contributed by atoms with E-state index in [2.05, 4.69) is 42.5 Å².